The number of oxime groups is 1. The second-order valence-electron chi connectivity index (χ2n) is 21.1. The lowest BCUT2D eigenvalue weighted by molar-refractivity contribution is -0.384. The van der Waals surface area contributed by atoms with Crippen LogP contribution in [0.15, 0.2) is 139 Å². The van der Waals surface area contributed by atoms with Crippen molar-refractivity contribution in [3.8, 4) is 17.2 Å². The van der Waals surface area contributed by atoms with Gasteiger partial charge in [-0.05, 0) is 126 Å². The Hall–Kier alpha value is -6.61. The molecule has 6 unspecified atom stereocenters. The van der Waals surface area contributed by atoms with Crippen molar-refractivity contribution in [2.75, 3.05) is 26.4 Å². The van der Waals surface area contributed by atoms with Crippen LogP contribution in [-0.2, 0) is 27.5 Å². The van der Waals surface area contributed by atoms with E-state index in [1.165, 1.54) is 62.8 Å². The fourth-order valence-electron chi connectivity index (χ4n) is 11.9. The average molecular weight is 1070 g/mol. The van der Waals surface area contributed by atoms with Crippen molar-refractivity contribution < 1.29 is 48.1 Å². The van der Waals surface area contributed by atoms with E-state index in [-0.39, 0.29) is 69.4 Å². The molecule has 0 aromatic heterocycles. The third-order valence-corrected chi connectivity index (χ3v) is 15.8. The van der Waals surface area contributed by atoms with Crippen LogP contribution >= 0.6 is 0 Å². The fraction of sp³-hybridized carbons (Fsp3) is 0.469. The van der Waals surface area contributed by atoms with E-state index >= 15 is 4.79 Å². The minimum Gasteiger partial charge on any atom is -0.459 e. The number of nitro groups is 1. The summed E-state index contributed by atoms with van der Waals surface area (Å²) in [5, 5.41) is 38.8. The van der Waals surface area contributed by atoms with Gasteiger partial charge in [-0.1, -0.05) is 137 Å². The Balaban J connectivity index is 1.24. The van der Waals surface area contributed by atoms with Gasteiger partial charge in [0, 0.05) is 49.8 Å². The minimum absolute atomic E-state index is 0.00432. The number of carbonyl (C=O) groups excluding carboxylic acids is 1. The van der Waals surface area contributed by atoms with Crippen LogP contribution in [0.4, 0.5) is 14.9 Å². The van der Waals surface area contributed by atoms with Gasteiger partial charge in [-0.15, -0.1) is 6.58 Å². The highest BCUT2D eigenvalue weighted by molar-refractivity contribution is 6.03. The van der Waals surface area contributed by atoms with Crippen molar-refractivity contribution >= 4 is 28.3 Å². The van der Waals surface area contributed by atoms with E-state index in [9.17, 15) is 24.7 Å². The van der Waals surface area contributed by atoms with Gasteiger partial charge in [-0.2, -0.15) is 0 Å². The number of fused-ring (bicyclic) bond motifs is 3. The van der Waals surface area contributed by atoms with Gasteiger partial charge in [0.2, 0.25) is 5.79 Å². The van der Waals surface area contributed by atoms with Crippen molar-refractivity contribution in [2.45, 2.75) is 147 Å². The first kappa shape index (κ1) is 57.6. The summed E-state index contributed by atoms with van der Waals surface area (Å²) in [5.74, 6) is -1.20. The Morgan fingerprint density at radius 2 is 1.49 bits per heavy atom. The van der Waals surface area contributed by atoms with Crippen LogP contribution < -0.4 is 9.47 Å². The Kier molecular flexibility index (Phi) is 21.3. The van der Waals surface area contributed by atoms with Crippen LogP contribution in [0.3, 0.4) is 0 Å². The Morgan fingerprint density at radius 1 is 0.821 bits per heavy atom. The molecular weight excluding hydrogens is 990 g/mol. The number of hydrogen-bond acceptors (Lipinski definition) is 11. The SMILES string of the molecule is C=CCOC12Oc3ccc(Oc4ccc5ccccc5c4)cc3C3C(CCCCO)C(CCCCO)C=C(C(=NOCc4ccc([N+](=O)[O-])cc4)CC1N(Cc1ccc(F)cc1)C(=O)OCCCCCCCCCCCC)C32. The number of rotatable bonds is 31. The quantitative estimate of drug-likeness (QED) is 0.0189. The molecule has 5 aromatic carbocycles. The fourth-order valence-corrected chi connectivity index (χ4v) is 11.9. The molecule has 78 heavy (non-hydrogen) atoms. The van der Waals surface area contributed by atoms with Gasteiger partial charge in [0.25, 0.3) is 5.69 Å². The molecule has 1 fully saturated rings. The van der Waals surface area contributed by atoms with Crippen LogP contribution in [-0.4, -0.2) is 70.1 Å². The van der Waals surface area contributed by atoms with Crippen molar-refractivity contribution in [1.82, 2.24) is 4.90 Å². The van der Waals surface area contributed by atoms with E-state index in [1.54, 1.807) is 35.2 Å². The first-order chi connectivity index (χ1) is 38.2. The van der Waals surface area contributed by atoms with Crippen LogP contribution in [0.5, 0.6) is 17.2 Å². The molecule has 13 nitrogen and oxygen atoms in total. The third-order valence-electron chi connectivity index (χ3n) is 15.8. The summed E-state index contributed by atoms with van der Waals surface area (Å²) in [6, 6.07) is 31.3. The van der Waals surface area contributed by atoms with Gasteiger partial charge in [0.15, 0.2) is 0 Å². The summed E-state index contributed by atoms with van der Waals surface area (Å²) in [5.41, 5.74) is 3.59. The van der Waals surface area contributed by atoms with Gasteiger partial charge in [0.1, 0.15) is 35.7 Å². The molecular formula is C64H78FN3O10. The number of hydrogen-bond donors (Lipinski definition) is 2. The van der Waals surface area contributed by atoms with Gasteiger partial charge in [-0.3, -0.25) is 15.0 Å². The summed E-state index contributed by atoms with van der Waals surface area (Å²) in [6.45, 7) is 6.68. The maximum atomic E-state index is 15.2. The maximum Gasteiger partial charge on any atom is 0.410 e. The largest absolute Gasteiger partial charge is 0.459 e. The van der Waals surface area contributed by atoms with E-state index in [1.807, 2.05) is 42.5 Å². The summed E-state index contributed by atoms with van der Waals surface area (Å²) < 4.78 is 42.3. The van der Waals surface area contributed by atoms with Crippen molar-refractivity contribution in [1.29, 1.82) is 0 Å². The van der Waals surface area contributed by atoms with Crippen molar-refractivity contribution in [3.05, 3.63) is 166 Å². The number of carbonyl (C=O) groups is 1. The van der Waals surface area contributed by atoms with E-state index in [4.69, 9.17) is 28.9 Å². The molecule has 0 radical (unpaired) electrons. The number of nitrogens with zero attached hydrogens (tertiary/aromatic N) is 3. The molecule has 2 N–H and O–H groups in total. The zero-order chi connectivity index (χ0) is 54.7. The number of aliphatic hydroxyl groups is 2. The molecule has 2 aliphatic carbocycles. The normalized spacial score (nSPS) is 20.7. The van der Waals surface area contributed by atoms with Gasteiger partial charge < -0.3 is 34.0 Å². The van der Waals surface area contributed by atoms with Crippen molar-refractivity contribution in [2.24, 2.45) is 22.9 Å². The average Bonchev–Trinajstić information content (AvgIpc) is 2.89. The van der Waals surface area contributed by atoms with E-state index < -0.39 is 34.6 Å². The predicted molar refractivity (Wildman–Crippen MR) is 302 cm³/mol. The number of allylic oxidation sites excluding steroid dienone is 1. The first-order valence-corrected chi connectivity index (χ1v) is 28.4. The molecule has 14 heteroatoms. The Labute approximate surface area is 459 Å². The van der Waals surface area contributed by atoms with Gasteiger partial charge in [0.05, 0.1) is 29.8 Å². The standard InChI is InChI=1S/C64H78FN3O10/c1-3-5-6-7-8-9-10-11-12-19-39-74-63(71)67(44-46-24-29-51(65)30-25-46)60-43-58(66-76-45-47-26-31-52(32-27-47)68(72)73)56-41-50(22-15-17-36-69)55(23-16-18-37-70)61-57-42-54(77-53-33-28-48-20-13-14-21-49(48)40-53)34-35-59(57)78-64(60,62(56)61)75-38-4-2/h4,13-14,20-21,24-35,40-42,50,55,60-62,69-70H,2-3,5-12,15-19,22-23,36-39,43-45H2,1H3. The number of ether oxygens (including phenoxy) is 4. The van der Waals surface area contributed by atoms with Crippen LogP contribution in [0.1, 0.15) is 139 Å². The lowest BCUT2D eigenvalue weighted by Gasteiger charge is -2.59. The van der Waals surface area contributed by atoms with E-state index in [0.29, 0.717) is 53.3 Å². The number of nitro benzene ring substituents is 1. The molecule has 0 saturated heterocycles. The second kappa shape index (κ2) is 28.8. The van der Waals surface area contributed by atoms with E-state index in [0.717, 1.165) is 66.9 Å². The highest BCUT2D eigenvalue weighted by atomic mass is 19.1. The Morgan fingerprint density at radius 3 is 2.19 bits per heavy atom. The van der Waals surface area contributed by atoms with E-state index in [2.05, 4.69) is 37.8 Å². The number of non-ortho nitro benzene ring substituents is 1. The van der Waals surface area contributed by atoms with Crippen molar-refractivity contribution in [3.63, 3.8) is 0 Å². The van der Waals surface area contributed by atoms with Crippen LogP contribution in [0.25, 0.3) is 10.8 Å². The minimum atomic E-state index is -1.59. The van der Waals surface area contributed by atoms with Crippen LogP contribution in [0.2, 0.25) is 0 Å². The second-order valence-corrected chi connectivity index (χ2v) is 21.1. The molecule has 0 bridgehead atoms. The molecule has 1 saturated carbocycles. The van der Waals surface area contributed by atoms with Crippen LogP contribution in [0, 0.1) is 33.7 Å². The smallest absolute Gasteiger partial charge is 0.410 e. The molecule has 5 aromatic rings. The Bertz CT molecular complexity index is 2800. The number of amides is 1. The predicted octanol–water partition coefficient (Wildman–Crippen LogP) is 15.1. The molecule has 3 aliphatic rings. The maximum absolute atomic E-state index is 15.2. The highest BCUT2D eigenvalue weighted by Gasteiger charge is 2.65. The number of halogens is 1. The zero-order valence-electron chi connectivity index (χ0n) is 45.3. The topological polar surface area (TPSA) is 162 Å². The number of benzene rings is 5. The monoisotopic (exact) mass is 1070 g/mol. The van der Waals surface area contributed by atoms with Gasteiger partial charge >= 0.3 is 6.09 Å². The zero-order valence-corrected chi connectivity index (χ0v) is 45.3. The summed E-state index contributed by atoms with van der Waals surface area (Å²) in [6.07, 6.45) is 18.9. The molecule has 416 valence electrons. The first-order valence-electron chi connectivity index (χ1n) is 28.4. The lowest BCUT2D eigenvalue weighted by Crippen LogP contribution is -2.70. The summed E-state index contributed by atoms with van der Waals surface area (Å²) in [7, 11) is 0. The number of unbranched alkanes of at least 4 members (excludes halogenated alkanes) is 11. The molecule has 1 amide bonds. The molecule has 0 spiro atoms. The molecule has 6 atom stereocenters. The highest BCUT2D eigenvalue weighted by Crippen LogP contribution is 2.62. The van der Waals surface area contributed by atoms with Gasteiger partial charge in [-0.25, -0.2) is 9.18 Å². The molecule has 1 aliphatic heterocycles. The molecule has 8 rings (SSSR count). The molecule has 1 heterocycles. The summed E-state index contributed by atoms with van der Waals surface area (Å²) >= 11 is 0. The number of aliphatic hydroxyl groups excluding tert-OH is 2. The third kappa shape index (κ3) is 14.5. The lowest BCUT2D eigenvalue weighted by atomic mass is 9.55. The summed E-state index contributed by atoms with van der Waals surface area (Å²) in [4.78, 5) is 34.2.